The lowest BCUT2D eigenvalue weighted by Crippen LogP contribution is -2.33. The fourth-order valence-corrected chi connectivity index (χ4v) is 2.32. The Morgan fingerprint density at radius 1 is 1.24 bits per heavy atom. The van der Waals surface area contributed by atoms with Gasteiger partial charge in [-0.2, -0.15) is 5.10 Å². The van der Waals surface area contributed by atoms with Crippen LogP contribution in [-0.2, 0) is 4.79 Å². The Morgan fingerprint density at radius 3 is 2.56 bits per heavy atom. The highest BCUT2D eigenvalue weighted by atomic mass is 16.5. The highest BCUT2D eigenvalue weighted by Crippen LogP contribution is 2.27. The molecule has 1 atom stereocenters. The summed E-state index contributed by atoms with van der Waals surface area (Å²) in [5.74, 6) is 0.539. The van der Waals surface area contributed by atoms with Crippen LogP contribution in [0.15, 0.2) is 41.5 Å². The summed E-state index contributed by atoms with van der Waals surface area (Å²) in [4.78, 5) is 12.1. The van der Waals surface area contributed by atoms with Gasteiger partial charge in [-0.3, -0.25) is 4.79 Å². The summed E-state index contributed by atoms with van der Waals surface area (Å²) in [6.45, 7) is 5.58. The van der Waals surface area contributed by atoms with Gasteiger partial charge in [0.05, 0.1) is 13.3 Å². The molecule has 0 heterocycles. The average molecular weight is 342 g/mol. The van der Waals surface area contributed by atoms with Gasteiger partial charge in [-0.05, 0) is 56.2 Å². The lowest BCUT2D eigenvalue weighted by molar-refractivity contribution is -0.127. The minimum atomic E-state index is -0.711. The van der Waals surface area contributed by atoms with Crippen molar-refractivity contribution in [3.05, 3.63) is 53.1 Å². The fourth-order valence-electron chi connectivity index (χ4n) is 2.32. The van der Waals surface area contributed by atoms with Crippen LogP contribution in [0.3, 0.4) is 0 Å². The smallest absolute Gasteiger partial charge is 0.280 e. The number of aromatic hydroxyl groups is 1. The van der Waals surface area contributed by atoms with Crippen LogP contribution in [-0.4, -0.2) is 30.4 Å². The number of methoxy groups -OCH3 is 1. The quantitative estimate of drug-likeness (QED) is 0.625. The molecule has 1 unspecified atom stereocenters. The standard InChI is InChI=1S/C19H22N2O4/c1-12-8-13(2)10-16(9-12)25-14(3)19(23)21-20-11-15-6-5-7-17(24-4)18(15)22/h5-11,14,22H,1-4H3,(H,21,23). The molecule has 6 nitrogen and oxygen atoms in total. The fraction of sp³-hybridized carbons (Fsp3) is 0.263. The lowest BCUT2D eigenvalue weighted by Gasteiger charge is -2.14. The summed E-state index contributed by atoms with van der Waals surface area (Å²) in [6, 6.07) is 10.8. The van der Waals surface area contributed by atoms with Gasteiger partial charge >= 0.3 is 0 Å². The summed E-state index contributed by atoms with van der Waals surface area (Å²) in [6.07, 6.45) is 0.636. The molecule has 0 aromatic heterocycles. The number of carbonyl (C=O) groups excluding carboxylic acids is 1. The third kappa shape index (κ3) is 4.97. The zero-order valence-corrected chi connectivity index (χ0v) is 14.7. The Bertz CT molecular complexity index is 767. The Hall–Kier alpha value is -3.02. The minimum Gasteiger partial charge on any atom is -0.504 e. The first-order valence-corrected chi connectivity index (χ1v) is 7.84. The van der Waals surface area contributed by atoms with Crippen molar-refractivity contribution in [1.29, 1.82) is 0 Å². The van der Waals surface area contributed by atoms with Crippen molar-refractivity contribution in [2.75, 3.05) is 7.11 Å². The molecule has 0 saturated carbocycles. The molecule has 2 rings (SSSR count). The number of para-hydroxylation sites is 1. The number of hydrogen-bond acceptors (Lipinski definition) is 5. The summed E-state index contributed by atoms with van der Waals surface area (Å²) in [5, 5.41) is 13.8. The second-order valence-electron chi connectivity index (χ2n) is 5.72. The predicted octanol–water partition coefficient (Wildman–Crippen LogP) is 2.94. The molecular weight excluding hydrogens is 320 g/mol. The highest BCUT2D eigenvalue weighted by Gasteiger charge is 2.14. The van der Waals surface area contributed by atoms with Crippen LogP contribution in [0.5, 0.6) is 17.2 Å². The number of phenols is 1. The van der Waals surface area contributed by atoms with Crippen LogP contribution in [0.25, 0.3) is 0 Å². The Morgan fingerprint density at radius 2 is 1.92 bits per heavy atom. The van der Waals surface area contributed by atoms with Crippen LogP contribution in [0.4, 0.5) is 0 Å². The molecule has 0 aliphatic carbocycles. The van der Waals surface area contributed by atoms with E-state index in [1.54, 1.807) is 25.1 Å². The molecule has 0 saturated heterocycles. The number of ether oxygens (including phenoxy) is 2. The van der Waals surface area contributed by atoms with E-state index < -0.39 is 12.0 Å². The highest BCUT2D eigenvalue weighted by molar-refractivity contribution is 5.87. The zero-order valence-electron chi connectivity index (χ0n) is 14.7. The van der Waals surface area contributed by atoms with Crippen molar-refractivity contribution < 1.29 is 19.4 Å². The third-order valence-corrected chi connectivity index (χ3v) is 3.51. The maximum absolute atomic E-state index is 12.1. The van der Waals surface area contributed by atoms with Crippen molar-refractivity contribution >= 4 is 12.1 Å². The van der Waals surface area contributed by atoms with E-state index >= 15 is 0 Å². The van der Waals surface area contributed by atoms with Crippen molar-refractivity contribution in [3.8, 4) is 17.2 Å². The maximum Gasteiger partial charge on any atom is 0.280 e. The van der Waals surface area contributed by atoms with Gasteiger partial charge in [-0.15, -0.1) is 0 Å². The van der Waals surface area contributed by atoms with E-state index in [9.17, 15) is 9.90 Å². The minimum absolute atomic E-state index is 0.0393. The second kappa shape index (κ2) is 8.19. The Kier molecular flexibility index (Phi) is 6.00. The lowest BCUT2D eigenvalue weighted by atomic mass is 10.1. The van der Waals surface area contributed by atoms with Crippen LogP contribution in [0, 0.1) is 13.8 Å². The van der Waals surface area contributed by atoms with Crippen molar-refractivity contribution in [2.45, 2.75) is 26.9 Å². The topological polar surface area (TPSA) is 80.2 Å². The predicted molar refractivity (Wildman–Crippen MR) is 96.4 cm³/mol. The van der Waals surface area contributed by atoms with Gasteiger partial charge in [0.2, 0.25) is 0 Å². The number of carbonyl (C=O) groups is 1. The Balaban J connectivity index is 1.97. The molecule has 2 aromatic carbocycles. The monoisotopic (exact) mass is 342 g/mol. The molecule has 6 heteroatoms. The maximum atomic E-state index is 12.1. The van der Waals surface area contributed by atoms with Crippen LogP contribution in [0.1, 0.15) is 23.6 Å². The SMILES string of the molecule is COc1cccc(C=NNC(=O)C(C)Oc2cc(C)cc(C)c2)c1O. The van der Waals surface area contributed by atoms with E-state index in [2.05, 4.69) is 10.5 Å². The van der Waals surface area contributed by atoms with Gasteiger partial charge in [0, 0.05) is 5.56 Å². The van der Waals surface area contributed by atoms with Gasteiger partial charge in [-0.25, -0.2) is 5.43 Å². The van der Waals surface area contributed by atoms with E-state index in [0.29, 0.717) is 17.1 Å². The first-order chi connectivity index (χ1) is 11.9. The molecule has 0 fully saturated rings. The van der Waals surface area contributed by atoms with Crippen LogP contribution in [0.2, 0.25) is 0 Å². The first-order valence-electron chi connectivity index (χ1n) is 7.84. The summed E-state index contributed by atoms with van der Waals surface area (Å²) in [5.41, 5.74) is 4.96. The van der Waals surface area contributed by atoms with E-state index in [1.807, 2.05) is 32.0 Å². The number of phenolic OH excluding ortho intramolecular Hbond substituents is 1. The Labute approximate surface area is 147 Å². The molecule has 1 amide bonds. The van der Waals surface area contributed by atoms with Crippen LogP contribution >= 0.6 is 0 Å². The summed E-state index contributed by atoms with van der Waals surface area (Å²) >= 11 is 0. The van der Waals surface area contributed by atoms with E-state index in [-0.39, 0.29) is 5.75 Å². The molecule has 132 valence electrons. The molecule has 0 aliphatic rings. The number of benzene rings is 2. The second-order valence-corrected chi connectivity index (χ2v) is 5.72. The molecule has 0 bridgehead atoms. The van der Waals surface area contributed by atoms with Crippen molar-refractivity contribution in [1.82, 2.24) is 5.43 Å². The number of hydrazone groups is 1. The molecule has 0 radical (unpaired) electrons. The number of nitrogens with one attached hydrogen (secondary N) is 1. The van der Waals surface area contributed by atoms with Crippen molar-refractivity contribution in [2.24, 2.45) is 5.10 Å². The number of hydrogen-bond donors (Lipinski definition) is 2. The zero-order chi connectivity index (χ0) is 18.4. The number of aryl methyl sites for hydroxylation is 2. The van der Waals surface area contributed by atoms with E-state index in [4.69, 9.17) is 9.47 Å². The molecular formula is C19H22N2O4. The molecule has 2 aromatic rings. The number of nitrogens with zero attached hydrogens (tertiary/aromatic N) is 1. The van der Waals surface area contributed by atoms with E-state index in [0.717, 1.165) is 11.1 Å². The summed E-state index contributed by atoms with van der Waals surface area (Å²) < 4.78 is 10.7. The first kappa shape index (κ1) is 18.3. The van der Waals surface area contributed by atoms with Crippen molar-refractivity contribution in [3.63, 3.8) is 0 Å². The average Bonchev–Trinajstić information content (AvgIpc) is 2.55. The van der Waals surface area contributed by atoms with Gasteiger partial charge in [0.1, 0.15) is 5.75 Å². The number of amides is 1. The number of rotatable bonds is 6. The largest absolute Gasteiger partial charge is 0.504 e. The van der Waals surface area contributed by atoms with Gasteiger partial charge in [0.15, 0.2) is 17.6 Å². The molecule has 2 N–H and O–H groups in total. The van der Waals surface area contributed by atoms with E-state index in [1.165, 1.54) is 13.3 Å². The third-order valence-electron chi connectivity index (χ3n) is 3.51. The van der Waals surface area contributed by atoms with Crippen LogP contribution < -0.4 is 14.9 Å². The molecule has 25 heavy (non-hydrogen) atoms. The van der Waals surface area contributed by atoms with Gasteiger partial charge in [0.25, 0.3) is 5.91 Å². The molecule has 0 spiro atoms. The summed E-state index contributed by atoms with van der Waals surface area (Å²) in [7, 11) is 1.46. The normalized spacial score (nSPS) is 12.0. The van der Waals surface area contributed by atoms with Gasteiger partial charge < -0.3 is 14.6 Å². The molecule has 0 aliphatic heterocycles. The van der Waals surface area contributed by atoms with Gasteiger partial charge in [-0.1, -0.05) is 12.1 Å².